The van der Waals surface area contributed by atoms with E-state index < -0.39 is 0 Å². The highest BCUT2D eigenvalue weighted by atomic mass is 32.1. The van der Waals surface area contributed by atoms with Crippen molar-refractivity contribution >= 4 is 27.2 Å². The lowest BCUT2D eigenvalue weighted by molar-refractivity contribution is 0.587. The summed E-state index contributed by atoms with van der Waals surface area (Å²) in [5.41, 5.74) is 2.14. The molecule has 0 atom stereocenters. The van der Waals surface area contributed by atoms with Gasteiger partial charge in [-0.05, 0) is 0 Å². The summed E-state index contributed by atoms with van der Waals surface area (Å²) in [6.07, 6.45) is 3.69. The third-order valence-corrected chi connectivity index (χ3v) is 3.63. The Hall–Kier alpha value is -1.16. The van der Waals surface area contributed by atoms with E-state index in [9.17, 15) is 0 Å². The van der Waals surface area contributed by atoms with Crippen LogP contribution in [-0.4, -0.2) is 17.0 Å². The number of hydrogen-bond donors (Lipinski definition) is 1. The van der Waals surface area contributed by atoms with Gasteiger partial charge in [-0.1, -0.05) is 20.8 Å². The van der Waals surface area contributed by atoms with Crippen molar-refractivity contribution in [2.75, 3.05) is 12.4 Å². The highest BCUT2D eigenvalue weighted by Gasteiger charge is 2.19. The van der Waals surface area contributed by atoms with Crippen LogP contribution in [0.25, 0.3) is 10.2 Å². The molecule has 2 heterocycles. The van der Waals surface area contributed by atoms with E-state index in [0.29, 0.717) is 0 Å². The minimum absolute atomic E-state index is 0.106. The standard InChI is InChI=1S/C11H15N3S/c1-11(2,3)10-14-9-7(12-4)5-13-6-8(9)15-10/h5-6,12H,1-4H3. The average Bonchev–Trinajstić information content (AvgIpc) is 2.59. The van der Waals surface area contributed by atoms with E-state index in [0.717, 1.165) is 20.9 Å². The van der Waals surface area contributed by atoms with Gasteiger partial charge < -0.3 is 5.32 Å². The molecule has 0 spiro atoms. The number of nitrogens with zero attached hydrogens (tertiary/aromatic N) is 2. The summed E-state index contributed by atoms with van der Waals surface area (Å²) >= 11 is 1.72. The SMILES string of the molecule is CNc1cncc2sc(C(C)(C)C)nc12. The second-order valence-corrected chi connectivity index (χ2v) is 5.58. The van der Waals surface area contributed by atoms with E-state index in [1.54, 1.807) is 11.3 Å². The normalized spacial score (nSPS) is 12.0. The molecular weight excluding hydrogens is 206 g/mol. The van der Waals surface area contributed by atoms with Gasteiger partial charge in [0, 0.05) is 18.7 Å². The Morgan fingerprint density at radius 1 is 1.27 bits per heavy atom. The van der Waals surface area contributed by atoms with Crippen molar-refractivity contribution in [2.45, 2.75) is 26.2 Å². The number of pyridine rings is 1. The van der Waals surface area contributed by atoms with Crippen molar-refractivity contribution in [3.63, 3.8) is 0 Å². The van der Waals surface area contributed by atoms with E-state index >= 15 is 0 Å². The largest absolute Gasteiger partial charge is 0.385 e. The van der Waals surface area contributed by atoms with E-state index in [4.69, 9.17) is 0 Å². The lowest BCUT2D eigenvalue weighted by atomic mass is 9.98. The Bertz CT molecular complexity index is 482. The third kappa shape index (κ3) is 1.81. The van der Waals surface area contributed by atoms with Gasteiger partial charge >= 0.3 is 0 Å². The molecule has 0 unspecified atom stereocenters. The minimum Gasteiger partial charge on any atom is -0.385 e. The monoisotopic (exact) mass is 221 g/mol. The molecule has 0 amide bonds. The Kier molecular flexibility index (Phi) is 2.38. The number of rotatable bonds is 1. The van der Waals surface area contributed by atoms with Crippen LogP contribution in [0.2, 0.25) is 0 Å². The molecule has 0 fully saturated rings. The fourth-order valence-electron chi connectivity index (χ4n) is 1.36. The van der Waals surface area contributed by atoms with Crippen molar-refractivity contribution in [3.05, 3.63) is 17.4 Å². The molecule has 0 aliphatic carbocycles. The molecular formula is C11H15N3S. The third-order valence-electron chi connectivity index (χ3n) is 2.21. The van der Waals surface area contributed by atoms with E-state index in [1.165, 1.54) is 0 Å². The topological polar surface area (TPSA) is 37.8 Å². The molecule has 0 radical (unpaired) electrons. The van der Waals surface area contributed by atoms with Crippen LogP contribution < -0.4 is 5.32 Å². The van der Waals surface area contributed by atoms with Gasteiger partial charge in [-0.25, -0.2) is 4.98 Å². The Morgan fingerprint density at radius 3 is 2.60 bits per heavy atom. The van der Waals surface area contributed by atoms with Gasteiger partial charge in [0.25, 0.3) is 0 Å². The van der Waals surface area contributed by atoms with Crippen LogP contribution in [0.5, 0.6) is 0 Å². The molecule has 2 aromatic heterocycles. The molecule has 2 aromatic rings. The molecule has 0 saturated carbocycles. The van der Waals surface area contributed by atoms with E-state index in [2.05, 4.69) is 36.1 Å². The van der Waals surface area contributed by atoms with E-state index in [1.807, 2.05) is 19.4 Å². The predicted molar refractivity (Wildman–Crippen MR) is 65.7 cm³/mol. The number of nitrogens with one attached hydrogen (secondary N) is 1. The van der Waals surface area contributed by atoms with Gasteiger partial charge in [-0.3, -0.25) is 4.98 Å². The smallest absolute Gasteiger partial charge is 0.108 e. The van der Waals surface area contributed by atoms with Gasteiger partial charge in [0.1, 0.15) is 5.52 Å². The highest BCUT2D eigenvalue weighted by Crippen LogP contribution is 2.33. The summed E-state index contributed by atoms with van der Waals surface area (Å²) in [5, 5.41) is 4.27. The molecule has 4 heteroatoms. The molecule has 15 heavy (non-hydrogen) atoms. The van der Waals surface area contributed by atoms with Crippen LogP contribution in [0.1, 0.15) is 25.8 Å². The maximum atomic E-state index is 4.67. The maximum absolute atomic E-state index is 4.67. The number of thiazole rings is 1. The summed E-state index contributed by atoms with van der Waals surface area (Å²) in [5.74, 6) is 0. The van der Waals surface area contributed by atoms with Crippen molar-refractivity contribution in [3.8, 4) is 0 Å². The van der Waals surface area contributed by atoms with Gasteiger partial charge in [0.05, 0.1) is 21.6 Å². The molecule has 3 nitrogen and oxygen atoms in total. The fourth-order valence-corrected chi connectivity index (χ4v) is 2.37. The second kappa shape index (κ2) is 3.45. The Morgan fingerprint density at radius 2 is 2.00 bits per heavy atom. The van der Waals surface area contributed by atoms with E-state index in [-0.39, 0.29) is 5.41 Å². The summed E-state index contributed by atoms with van der Waals surface area (Å²) in [6.45, 7) is 6.53. The fraction of sp³-hybridized carbons (Fsp3) is 0.455. The van der Waals surface area contributed by atoms with Crippen LogP contribution in [0.15, 0.2) is 12.4 Å². The second-order valence-electron chi connectivity index (χ2n) is 4.55. The highest BCUT2D eigenvalue weighted by molar-refractivity contribution is 7.18. The first-order valence-electron chi connectivity index (χ1n) is 4.95. The summed E-state index contributed by atoms with van der Waals surface area (Å²) < 4.78 is 1.15. The van der Waals surface area contributed by atoms with Gasteiger partial charge in [-0.2, -0.15) is 0 Å². The number of aromatic nitrogens is 2. The zero-order valence-corrected chi connectivity index (χ0v) is 10.3. The quantitative estimate of drug-likeness (QED) is 0.804. The first kappa shape index (κ1) is 10.4. The first-order chi connectivity index (χ1) is 7.02. The van der Waals surface area contributed by atoms with Crippen molar-refractivity contribution in [1.82, 2.24) is 9.97 Å². The summed E-state index contributed by atoms with van der Waals surface area (Å²) in [6, 6.07) is 0. The van der Waals surface area contributed by atoms with Gasteiger partial charge in [-0.15, -0.1) is 11.3 Å². The zero-order chi connectivity index (χ0) is 11.1. The number of anilines is 1. The minimum atomic E-state index is 0.106. The molecule has 80 valence electrons. The molecule has 0 aromatic carbocycles. The molecule has 0 aliphatic heterocycles. The van der Waals surface area contributed by atoms with Crippen molar-refractivity contribution < 1.29 is 0 Å². The number of fused-ring (bicyclic) bond motifs is 1. The van der Waals surface area contributed by atoms with Gasteiger partial charge in [0.2, 0.25) is 0 Å². The summed E-state index contributed by atoms with van der Waals surface area (Å²) in [7, 11) is 1.90. The lowest BCUT2D eigenvalue weighted by Crippen LogP contribution is -2.09. The summed E-state index contributed by atoms with van der Waals surface area (Å²) in [4.78, 5) is 8.86. The van der Waals surface area contributed by atoms with Crippen molar-refractivity contribution in [1.29, 1.82) is 0 Å². The predicted octanol–water partition coefficient (Wildman–Crippen LogP) is 3.03. The zero-order valence-electron chi connectivity index (χ0n) is 9.46. The van der Waals surface area contributed by atoms with Crippen LogP contribution in [0.4, 0.5) is 5.69 Å². The van der Waals surface area contributed by atoms with Gasteiger partial charge in [0.15, 0.2) is 0 Å². The molecule has 1 N–H and O–H groups in total. The molecule has 0 aliphatic rings. The Labute approximate surface area is 93.6 Å². The average molecular weight is 221 g/mol. The van der Waals surface area contributed by atoms with Crippen molar-refractivity contribution in [2.24, 2.45) is 0 Å². The van der Waals surface area contributed by atoms with Crippen LogP contribution in [0, 0.1) is 0 Å². The molecule has 2 rings (SSSR count). The maximum Gasteiger partial charge on any atom is 0.108 e. The molecule has 0 saturated heterocycles. The first-order valence-corrected chi connectivity index (χ1v) is 5.77. The van der Waals surface area contributed by atoms with Crippen LogP contribution >= 0.6 is 11.3 Å². The van der Waals surface area contributed by atoms with Crippen LogP contribution in [-0.2, 0) is 5.41 Å². The lowest BCUT2D eigenvalue weighted by Gasteiger charge is -2.13. The number of hydrogen-bond acceptors (Lipinski definition) is 4. The van der Waals surface area contributed by atoms with Crippen LogP contribution in [0.3, 0.4) is 0 Å². The Balaban J connectivity index is 2.65. The molecule has 0 bridgehead atoms.